The van der Waals surface area contributed by atoms with Crippen molar-refractivity contribution in [1.29, 1.82) is 0 Å². The maximum absolute atomic E-state index is 12.8. The number of halogens is 1. The second-order valence-electron chi connectivity index (χ2n) is 7.69. The van der Waals surface area contributed by atoms with Crippen molar-refractivity contribution >= 4 is 39.1 Å². The van der Waals surface area contributed by atoms with Gasteiger partial charge in [0.05, 0.1) is 11.5 Å². The van der Waals surface area contributed by atoms with Gasteiger partial charge in [-0.15, -0.1) is 0 Å². The van der Waals surface area contributed by atoms with Crippen LogP contribution in [0.2, 0.25) is 5.02 Å². The van der Waals surface area contributed by atoms with Gasteiger partial charge < -0.3 is 15.4 Å². The molecule has 2 amide bonds. The number of anilines is 1. The van der Waals surface area contributed by atoms with Gasteiger partial charge in [-0.25, -0.2) is 13.1 Å². The molecule has 2 aromatic rings. The summed E-state index contributed by atoms with van der Waals surface area (Å²) in [5.74, 6) is -0.990. The monoisotopic (exact) mass is 481 g/mol. The highest BCUT2D eigenvalue weighted by Crippen LogP contribution is 2.16. The molecule has 2 rings (SSSR count). The van der Waals surface area contributed by atoms with Gasteiger partial charge in [-0.2, -0.15) is 0 Å². The third kappa shape index (κ3) is 7.30. The molecule has 0 saturated carbocycles. The summed E-state index contributed by atoms with van der Waals surface area (Å²) in [6.07, 6.45) is 0. The highest BCUT2D eigenvalue weighted by atomic mass is 35.5. The fourth-order valence-corrected chi connectivity index (χ4v) is 4.27. The van der Waals surface area contributed by atoms with E-state index < -0.39 is 27.9 Å². The van der Waals surface area contributed by atoms with E-state index in [0.29, 0.717) is 16.3 Å². The van der Waals surface area contributed by atoms with Gasteiger partial charge in [0, 0.05) is 29.4 Å². The quantitative estimate of drug-likeness (QED) is 0.482. The molecular formula is C22H28ClN3O5S. The number of benzene rings is 2. The smallest absolute Gasteiger partial charge is 0.251 e. The van der Waals surface area contributed by atoms with Gasteiger partial charge in [-0.05, 0) is 61.4 Å². The number of sulfonamides is 1. The van der Waals surface area contributed by atoms with Gasteiger partial charge in [0.2, 0.25) is 15.9 Å². The maximum atomic E-state index is 12.8. The molecule has 0 radical (unpaired) electrons. The number of hydrogen-bond acceptors (Lipinski definition) is 5. The average molecular weight is 482 g/mol. The minimum Gasteiger partial charge on any atom is -0.383 e. The van der Waals surface area contributed by atoms with E-state index in [0.717, 1.165) is 0 Å². The molecule has 0 aliphatic rings. The van der Waals surface area contributed by atoms with E-state index in [1.54, 1.807) is 31.2 Å². The van der Waals surface area contributed by atoms with Crippen LogP contribution in [0.3, 0.4) is 0 Å². The molecule has 0 saturated heterocycles. The fourth-order valence-electron chi connectivity index (χ4n) is 2.92. The van der Waals surface area contributed by atoms with E-state index >= 15 is 0 Å². The number of amides is 2. The van der Waals surface area contributed by atoms with Crippen LogP contribution in [0, 0.1) is 5.92 Å². The molecule has 174 valence electrons. The highest BCUT2D eigenvalue weighted by Gasteiger charge is 2.25. The summed E-state index contributed by atoms with van der Waals surface area (Å²) in [6.45, 7) is 5.57. The summed E-state index contributed by atoms with van der Waals surface area (Å²) in [5, 5.41) is 5.96. The molecule has 10 heteroatoms. The van der Waals surface area contributed by atoms with Crippen LogP contribution in [0.5, 0.6) is 0 Å². The third-order valence-electron chi connectivity index (χ3n) is 4.55. The molecule has 0 fully saturated rings. The van der Waals surface area contributed by atoms with Crippen LogP contribution < -0.4 is 15.4 Å². The first-order valence-corrected chi connectivity index (χ1v) is 11.9. The zero-order valence-corrected chi connectivity index (χ0v) is 20.0. The average Bonchev–Trinajstić information content (AvgIpc) is 2.72. The Balaban J connectivity index is 2.07. The Morgan fingerprint density at radius 3 is 2.12 bits per heavy atom. The molecule has 3 N–H and O–H groups in total. The normalized spacial score (nSPS) is 13.4. The molecule has 2 aromatic carbocycles. The largest absolute Gasteiger partial charge is 0.383 e. The van der Waals surface area contributed by atoms with Crippen molar-refractivity contribution in [3.63, 3.8) is 0 Å². The van der Waals surface area contributed by atoms with Gasteiger partial charge in [0.25, 0.3) is 5.91 Å². The number of rotatable bonds is 10. The Morgan fingerprint density at radius 2 is 1.59 bits per heavy atom. The third-order valence-corrected chi connectivity index (χ3v) is 6.40. The molecular weight excluding hydrogens is 454 g/mol. The maximum Gasteiger partial charge on any atom is 0.251 e. The standard InChI is InChI=1S/C22H28ClN3O5S/c1-14(2)20(25-21(27)16-5-7-17(23)8-6-16)22(28)24-18-9-11-19(12-10-18)32(29,30)26-15(3)13-31-4/h5-12,14-15,20,26H,13H2,1-4H3,(H,24,28)(H,25,27)/t15?,20-/m0/s1. The van der Waals surface area contributed by atoms with Crippen molar-refractivity contribution < 1.29 is 22.7 Å². The lowest BCUT2D eigenvalue weighted by molar-refractivity contribution is -0.118. The molecule has 0 aliphatic carbocycles. The van der Waals surface area contributed by atoms with Crippen LogP contribution in [-0.4, -0.2) is 46.0 Å². The first-order valence-electron chi connectivity index (χ1n) is 10.0. The van der Waals surface area contributed by atoms with E-state index in [4.69, 9.17) is 16.3 Å². The lowest BCUT2D eigenvalue weighted by Crippen LogP contribution is -2.47. The van der Waals surface area contributed by atoms with Crippen molar-refractivity contribution in [2.45, 2.75) is 37.8 Å². The van der Waals surface area contributed by atoms with Crippen LogP contribution in [-0.2, 0) is 19.6 Å². The van der Waals surface area contributed by atoms with E-state index in [9.17, 15) is 18.0 Å². The second kappa shape index (κ2) is 11.4. The van der Waals surface area contributed by atoms with Gasteiger partial charge in [-0.1, -0.05) is 25.4 Å². The van der Waals surface area contributed by atoms with Crippen molar-refractivity contribution in [2.75, 3.05) is 19.0 Å². The van der Waals surface area contributed by atoms with Crippen molar-refractivity contribution in [3.05, 3.63) is 59.1 Å². The van der Waals surface area contributed by atoms with Crippen LogP contribution in [0.1, 0.15) is 31.1 Å². The van der Waals surface area contributed by atoms with Crippen LogP contribution >= 0.6 is 11.6 Å². The van der Waals surface area contributed by atoms with Gasteiger partial charge in [0.1, 0.15) is 6.04 Å². The summed E-state index contributed by atoms with van der Waals surface area (Å²) >= 11 is 5.85. The number of nitrogens with one attached hydrogen (secondary N) is 3. The molecule has 1 unspecified atom stereocenters. The van der Waals surface area contributed by atoms with Crippen molar-refractivity contribution in [3.8, 4) is 0 Å². The first-order chi connectivity index (χ1) is 15.0. The molecule has 0 bridgehead atoms. The minimum absolute atomic E-state index is 0.0647. The van der Waals surface area contributed by atoms with Crippen molar-refractivity contribution in [1.82, 2.24) is 10.0 Å². The van der Waals surface area contributed by atoms with Gasteiger partial charge in [0.15, 0.2) is 0 Å². The fraction of sp³-hybridized carbons (Fsp3) is 0.364. The van der Waals surface area contributed by atoms with Gasteiger partial charge >= 0.3 is 0 Å². The number of hydrogen-bond donors (Lipinski definition) is 3. The second-order valence-corrected chi connectivity index (χ2v) is 9.84. The molecule has 0 aromatic heterocycles. The zero-order chi connectivity index (χ0) is 23.9. The number of methoxy groups -OCH3 is 1. The summed E-state index contributed by atoms with van der Waals surface area (Å²) in [6, 6.07) is 10.9. The first kappa shape index (κ1) is 25.8. The Kier molecular flexibility index (Phi) is 9.21. The van der Waals surface area contributed by atoms with E-state index in [1.807, 2.05) is 13.8 Å². The summed E-state index contributed by atoms with van der Waals surface area (Å²) in [7, 11) is -2.22. The van der Waals surface area contributed by atoms with Gasteiger partial charge in [-0.3, -0.25) is 9.59 Å². The van der Waals surface area contributed by atoms with E-state index in [2.05, 4.69) is 15.4 Å². The Bertz CT molecular complexity index is 1020. The summed E-state index contributed by atoms with van der Waals surface area (Å²) < 4.78 is 32.3. The Morgan fingerprint density at radius 1 is 1.00 bits per heavy atom. The molecule has 2 atom stereocenters. The summed E-state index contributed by atoms with van der Waals surface area (Å²) in [4.78, 5) is 25.3. The lowest BCUT2D eigenvalue weighted by Gasteiger charge is -2.22. The molecule has 0 spiro atoms. The number of carbonyl (C=O) groups is 2. The molecule has 0 heterocycles. The molecule has 32 heavy (non-hydrogen) atoms. The number of carbonyl (C=O) groups excluding carboxylic acids is 2. The molecule has 0 aliphatic heterocycles. The molecule has 8 nitrogen and oxygen atoms in total. The lowest BCUT2D eigenvalue weighted by atomic mass is 10.0. The van der Waals surface area contributed by atoms with Crippen LogP contribution in [0.15, 0.2) is 53.4 Å². The van der Waals surface area contributed by atoms with E-state index in [-0.39, 0.29) is 23.5 Å². The van der Waals surface area contributed by atoms with Crippen LogP contribution in [0.4, 0.5) is 5.69 Å². The predicted octanol–water partition coefficient (Wildman–Crippen LogP) is 3.05. The number of ether oxygens (including phenoxy) is 1. The highest BCUT2D eigenvalue weighted by molar-refractivity contribution is 7.89. The topological polar surface area (TPSA) is 114 Å². The minimum atomic E-state index is -3.72. The van der Waals surface area contributed by atoms with E-state index in [1.165, 1.54) is 31.4 Å². The Labute approximate surface area is 193 Å². The Hall–Kier alpha value is -2.46. The summed E-state index contributed by atoms with van der Waals surface area (Å²) in [5.41, 5.74) is 0.794. The SMILES string of the molecule is COCC(C)NS(=O)(=O)c1ccc(NC(=O)[C@@H](NC(=O)c2ccc(Cl)cc2)C(C)C)cc1. The predicted molar refractivity (Wildman–Crippen MR) is 124 cm³/mol. The zero-order valence-electron chi connectivity index (χ0n) is 18.4. The van der Waals surface area contributed by atoms with Crippen LogP contribution in [0.25, 0.3) is 0 Å². The van der Waals surface area contributed by atoms with Crippen molar-refractivity contribution in [2.24, 2.45) is 5.92 Å².